The summed E-state index contributed by atoms with van der Waals surface area (Å²) < 4.78 is 39.7. The Labute approximate surface area is 248 Å². The lowest BCUT2D eigenvalue weighted by Crippen LogP contribution is -2.59. The molecule has 1 saturated heterocycles. The smallest absolute Gasteiger partial charge is 0.305 e. The molecule has 0 N–H and O–H groups in total. The topological polar surface area (TPSA) is 133 Å². The molecule has 5 atom stereocenters. The maximum absolute atomic E-state index is 12.3. The van der Waals surface area contributed by atoms with Crippen LogP contribution in [0.3, 0.4) is 0 Å². The van der Waals surface area contributed by atoms with Gasteiger partial charge in [-0.3, -0.25) is 19.2 Å². The molecule has 0 spiro atoms. The van der Waals surface area contributed by atoms with E-state index in [0.717, 1.165) is 32.1 Å². The minimum atomic E-state index is -1.49. The van der Waals surface area contributed by atoms with Crippen LogP contribution in [0.15, 0.2) is 30.3 Å². The minimum absolute atomic E-state index is 0.344. The summed E-state index contributed by atoms with van der Waals surface area (Å²) in [7, 11) is 0. The van der Waals surface area contributed by atoms with Gasteiger partial charge in [-0.05, 0) is 42.2 Å². The molecule has 0 amide bonds. The molecule has 2 aromatic carbocycles. The van der Waals surface area contributed by atoms with Gasteiger partial charge in [-0.1, -0.05) is 29.8 Å². The molecule has 0 bridgehead atoms. The number of benzene rings is 2. The van der Waals surface area contributed by atoms with Gasteiger partial charge in [0, 0.05) is 39.7 Å². The number of ether oxygens (including phenoxy) is 7. The highest BCUT2D eigenvalue weighted by molar-refractivity contribution is 6.33. The van der Waals surface area contributed by atoms with Gasteiger partial charge in [0.2, 0.25) is 12.4 Å². The third-order valence-electron chi connectivity index (χ3n) is 6.65. The van der Waals surface area contributed by atoms with Crippen LogP contribution in [0.25, 0.3) is 0 Å². The molecule has 11 nitrogen and oxygen atoms in total. The molecule has 2 aliphatic rings. The molecule has 2 aliphatic heterocycles. The van der Waals surface area contributed by atoms with Crippen LogP contribution >= 0.6 is 11.6 Å². The van der Waals surface area contributed by atoms with E-state index in [1.807, 2.05) is 37.3 Å². The number of carbonyl (C=O) groups excluding carboxylic acids is 4. The van der Waals surface area contributed by atoms with Crippen molar-refractivity contribution in [2.75, 3.05) is 13.2 Å². The van der Waals surface area contributed by atoms with Crippen molar-refractivity contribution in [3.8, 4) is 11.5 Å². The lowest BCUT2D eigenvalue weighted by Gasteiger charge is -2.44. The van der Waals surface area contributed by atoms with Gasteiger partial charge in [-0.2, -0.15) is 0 Å². The number of halogens is 1. The van der Waals surface area contributed by atoms with Gasteiger partial charge in [0.15, 0.2) is 12.2 Å². The van der Waals surface area contributed by atoms with E-state index in [-0.39, 0.29) is 0 Å². The third-order valence-corrected chi connectivity index (χ3v) is 7.07. The number of rotatable bonds is 9. The predicted molar refractivity (Wildman–Crippen MR) is 147 cm³/mol. The molecule has 226 valence electrons. The second-order valence-electron chi connectivity index (χ2n) is 9.86. The molecular formula is C30H33ClO11. The fraction of sp³-hybridized carbons (Fsp3) is 0.467. The van der Waals surface area contributed by atoms with Crippen molar-refractivity contribution in [1.29, 1.82) is 0 Å². The van der Waals surface area contributed by atoms with Gasteiger partial charge in [0.1, 0.15) is 17.6 Å². The zero-order valence-corrected chi connectivity index (χ0v) is 24.7. The Bertz CT molecular complexity index is 1340. The van der Waals surface area contributed by atoms with Gasteiger partial charge in [0.25, 0.3) is 0 Å². The molecule has 2 unspecified atom stereocenters. The van der Waals surface area contributed by atoms with Crippen molar-refractivity contribution in [2.45, 2.75) is 78.2 Å². The molecule has 0 saturated carbocycles. The van der Waals surface area contributed by atoms with E-state index < -0.39 is 54.6 Å². The van der Waals surface area contributed by atoms with E-state index in [9.17, 15) is 19.2 Å². The fourth-order valence-electron chi connectivity index (χ4n) is 5.17. The van der Waals surface area contributed by atoms with E-state index in [4.69, 9.17) is 44.8 Å². The first-order chi connectivity index (χ1) is 20.0. The van der Waals surface area contributed by atoms with E-state index in [0.29, 0.717) is 53.5 Å². The van der Waals surface area contributed by atoms with Gasteiger partial charge < -0.3 is 33.2 Å². The monoisotopic (exact) mass is 604 g/mol. The fourth-order valence-corrected chi connectivity index (χ4v) is 5.46. The second kappa shape index (κ2) is 13.4. The van der Waals surface area contributed by atoms with Crippen LogP contribution in [0.5, 0.6) is 11.5 Å². The lowest BCUT2D eigenvalue weighted by molar-refractivity contribution is -0.298. The predicted octanol–water partition coefficient (Wildman–Crippen LogP) is 4.02. The first-order valence-electron chi connectivity index (χ1n) is 13.5. The van der Waals surface area contributed by atoms with Crippen LogP contribution in [-0.2, 0) is 55.7 Å². The van der Waals surface area contributed by atoms with E-state index >= 15 is 0 Å². The molecule has 0 aliphatic carbocycles. The molecule has 4 rings (SSSR count). The largest absolute Gasteiger partial charge is 0.494 e. The Morgan fingerprint density at radius 2 is 1.45 bits per heavy atom. The summed E-state index contributed by atoms with van der Waals surface area (Å²) in [6.07, 6.45) is -5.82. The quantitative estimate of drug-likeness (QED) is 0.303. The van der Waals surface area contributed by atoms with Gasteiger partial charge >= 0.3 is 23.9 Å². The van der Waals surface area contributed by atoms with Crippen molar-refractivity contribution >= 4 is 35.5 Å². The average Bonchev–Trinajstić information content (AvgIpc) is 3.40. The maximum atomic E-state index is 12.3. The molecule has 1 fully saturated rings. The Morgan fingerprint density at radius 1 is 0.857 bits per heavy atom. The highest BCUT2D eigenvalue weighted by Gasteiger charge is 2.54. The summed E-state index contributed by atoms with van der Waals surface area (Å²) in [5, 5.41) is 0.422. The molecule has 12 heteroatoms. The lowest BCUT2D eigenvalue weighted by atomic mass is 9.87. The summed E-state index contributed by atoms with van der Waals surface area (Å²) in [4.78, 5) is 48.6. The summed E-state index contributed by atoms with van der Waals surface area (Å²) >= 11 is 6.82. The highest BCUT2D eigenvalue weighted by atomic mass is 35.5. The van der Waals surface area contributed by atoms with Crippen LogP contribution in [-0.4, -0.2) is 61.7 Å². The van der Waals surface area contributed by atoms with E-state index in [1.165, 1.54) is 6.92 Å². The van der Waals surface area contributed by atoms with Crippen LogP contribution in [0.4, 0.5) is 0 Å². The second-order valence-corrected chi connectivity index (χ2v) is 10.2. The number of hydrogen-bond acceptors (Lipinski definition) is 11. The third kappa shape index (κ3) is 7.14. The van der Waals surface area contributed by atoms with E-state index in [2.05, 4.69) is 0 Å². The molecular weight excluding hydrogens is 572 g/mol. The molecule has 0 aromatic heterocycles. The van der Waals surface area contributed by atoms with Crippen molar-refractivity contribution in [2.24, 2.45) is 0 Å². The number of hydrogen-bond donors (Lipinski definition) is 0. The summed E-state index contributed by atoms with van der Waals surface area (Å²) in [5.41, 5.74) is 2.87. The van der Waals surface area contributed by atoms with Crippen LogP contribution in [0.1, 0.15) is 63.0 Å². The number of esters is 4. The highest BCUT2D eigenvalue weighted by Crippen LogP contribution is 2.46. The maximum Gasteiger partial charge on any atom is 0.305 e. The summed E-state index contributed by atoms with van der Waals surface area (Å²) in [6.45, 7) is 7.43. The molecule has 0 radical (unpaired) electrons. The zero-order chi connectivity index (χ0) is 30.6. The average molecular weight is 605 g/mol. The molecule has 2 aromatic rings. The van der Waals surface area contributed by atoms with Gasteiger partial charge in [-0.15, -0.1) is 0 Å². The zero-order valence-electron chi connectivity index (χ0n) is 24.0. The van der Waals surface area contributed by atoms with Crippen molar-refractivity contribution in [1.82, 2.24) is 0 Å². The number of fused-ring (bicyclic) bond motifs is 1. The summed E-state index contributed by atoms with van der Waals surface area (Å²) in [5.74, 6) is -1.73. The SMILES string of the molecule is CCOc1ccc(Cc2cc([C@@H]3OC(OC(C)=O)[C@@H](OC(C)=O)C(OC(C)=O)[C@H]3OC(C)=O)c3c(c2Cl)OCC3)cc1. The first-order valence-corrected chi connectivity index (χ1v) is 13.9. The minimum Gasteiger partial charge on any atom is -0.494 e. The standard InChI is InChI=1S/C30H33ClO11/c1-6-36-21-9-7-19(8-10-21)13-20-14-23(22-11-12-37-25(22)24(20)31)26-27(38-15(2)32)28(39-16(3)33)29(40-17(4)34)30(42-26)41-18(5)35/h7-10,14,26-30H,6,11-13H2,1-5H3/t26-,27-,28?,29-,30?/m0/s1. The van der Waals surface area contributed by atoms with Crippen molar-refractivity contribution in [3.63, 3.8) is 0 Å². The Morgan fingerprint density at radius 3 is 2.05 bits per heavy atom. The van der Waals surface area contributed by atoms with Crippen molar-refractivity contribution < 1.29 is 52.3 Å². The van der Waals surface area contributed by atoms with Crippen molar-refractivity contribution in [3.05, 3.63) is 57.6 Å². The summed E-state index contributed by atoms with van der Waals surface area (Å²) in [6, 6.07) is 9.38. The first kappa shape index (κ1) is 31.1. The Balaban J connectivity index is 1.83. The van der Waals surface area contributed by atoms with Gasteiger partial charge in [-0.25, -0.2) is 0 Å². The van der Waals surface area contributed by atoms with Crippen LogP contribution < -0.4 is 9.47 Å². The van der Waals surface area contributed by atoms with Crippen LogP contribution in [0, 0.1) is 0 Å². The molecule has 42 heavy (non-hydrogen) atoms. The number of carbonyl (C=O) groups is 4. The Hall–Kier alpha value is -3.83. The molecule has 2 heterocycles. The van der Waals surface area contributed by atoms with Crippen LogP contribution in [0.2, 0.25) is 5.02 Å². The van der Waals surface area contributed by atoms with E-state index in [1.54, 1.807) is 0 Å². The van der Waals surface area contributed by atoms with Gasteiger partial charge in [0.05, 0.1) is 18.2 Å². The normalized spacial score (nSPS) is 22.8. The Kier molecular flexibility index (Phi) is 9.95.